The molecule has 98 valence electrons. The fourth-order valence-corrected chi connectivity index (χ4v) is 2.32. The standard InChI is InChI=1S/C14H22N4/c1-4-18-13-8-6-5-7-11(13)16-14(18)9-12(17-15)10(2)3/h5-8,10,12,17H,4,9,15H2,1-3H3. The van der Waals surface area contributed by atoms with Crippen LogP contribution in [0.1, 0.15) is 26.6 Å². The Balaban J connectivity index is 2.38. The van der Waals surface area contributed by atoms with Crippen LogP contribution in [-0.4, -0.2) is 15.6 Å². The summed E-state index contributed by atoms with van der Waals surface area (Å²) in [6.45, 7) is 7.43. The maximum Gasteiger partial charge on any atom is 0.111 e. The van der Waals surface area contributed by atoms with E-state index < -0.39 is 0 Å². The van der Waals surface area contributed by atoms with E-state index in [-0.39, 0.29) is 6.04 Å². The van der Waals surface area contributed by atoms with Gasteiger partial charge in [-0.25, -0.2) is 4.98 Å². The molecule has 3 N–H and O–H groups in total. The van der Waals surface area contributed by atoms with E-state index in [1.165, 1.54) is 5.52 Å². The Bertz CT molecular complexity index is 515. The first-order valence-corrected chi connectivity index (χ1v) is 6.57. The molecule has 0 amide bonds. The first-order chi connectivity index (χ1) is 8.67. The second kappa shape index (κ2) is 5.50. The van der Waals surface area contributed by atoms with Crippen molar-refractivity contribution in [3.05, 3.63) is 30.1 Å². The molecule has 0 bridgehead atoms. The average Bonchev–Trinajstić information content (AvgIpc) is 2.72. The highest BCUT2D eigenvalue weighted by atomic mass is 15.2. The van der Waals surface area contributed by atoms with Gasteiger partial charge in [-0.2, -0.15) is 0 Å². The minimum Gasteiger partial charge on any atom is -0.328 e. The smallest absolute Gasteiger partial charge is 0.111 e. The van der Waals surface area contributed by atoms with Crippen LogP contribution >= 0.6 is 0 Å². The molecule has 4 nitrogen and oxygen atoms in total. The van der Waals surface area contributed by atoms with E-state index in [0.29, 0.717) is 5.92 Å². The van der Waals surface area contributed by atoms with Crippen LogP contribution in [0.2, 0.25) is 0 Å². The third kappa shape index (κ3) is 2.40. The van der Waals surface area contributed by atoms with Crippen LogP contribution in [0.3, 0.4) is 0 Å². The van der Waals surface area contributed by atoms with Gasteiger partial charge in [-0.3, -0.25) is 11.3 Å². The quantitative estimate of drug-likeness (QED) is 0.627. The van der Waals surface area contributed by atoms with E-state index in [9.17, 15) is 0 Å². The van der Waals surface area contributed by atoms with E-state index in [1.807, 2.05) is 6.07 Å². The van der Waals surface area contributed by atoms with Crippen LogP contribution in [0.15, 0.2) is 24.3 Å². The number of hydrazine groups is 1. The van der Waals surface area contributed by atoms with Crippen molar-refractivity contribution in [1.29, 1.82) is 0 Å². The van der Waals surface area contributed by atoms with Crippen LogP contribution in [0.4, 0.5) is 0 Å². The van der Waals surface area contributed by atoms with Crippen LogP contribution in [-0.2, 0) is 13.0 Å². The largest absolute Gasteiger partial charge is 0.328 e. The summed E-state index contributed by atoms with van der Waals surface area (Å²) in [7, 11) is 0. The highest BCUT2D eigenvalue weighted by molar-refractivity contribution is 5.75. The number of benzene rings is 1. The van der Waals surface area contributed by atoms with Gasteiger partial charge in [-0.05, 0) is 25.0 Å². The summed E-state index contributed by atoms with van der Waals surface area (Å²) in [4.78, 5) is 4.72. The molecular formula is C14H22N4. The van der Waals surface area contributed by atoms with Crippen molar-refractivity contribution in [1.82, 2.24) is 15.0 Å². The van der Waals surface area contributed by atoms with E-state index in [2.05, 4.69) is 49.0 Å². The molecule has 0 saturated heterocycles. The average molecular weight is 246 g/mol. The first kappa shape index (κ1) is 13.1. The molecule has 2 rings (SSSR count). The molecule has 4 heteroatoms. The maximum atomic E-state index is 5.62. The Morgan fingerprint density at radius 1 is 1.33 bits per heavy atom. The third-order valence-electron chi connectivity index (χ3n) is 3.47. The van der Waals surface area contributed by atoms with Gasteiger partial charge in [0.25, 0.3) is 0 Å². The van der Waals surface area contributed by atoms with Gasteiger partial charge in [0.1, 0.15) is 5.82 Å². The van der Waals surface area contributed by atoms with E-state index in [1.54, 1.807) is 0 Å². The predicted molar refractivity (Wildman–Crippen MR) is 75.1 cm³/mol. The SMILES string of the molecule is CCn1c(CC(NN)C(C)C)nc2ccccc21. The molecule has 1 heterocycles. The molecule has 18 heavy (non-hydrogen) atoms. The second-order valence-electron chi connectivity index (χ2n) is 4.98. The maximum absolute atomic E-state index is 5.62. The molecular weight excluding hydrogens is 224 g/mol. The molecule has 0 aliphatic heterocycles. The van der Waals surface area contributed by atoms with Gasteiger partial charge >= 0.3 is 0 Å². The lowest BCUT2D eigenvalue weighted by atomic mass is 10.0. The number of nitrogens with zero attached hydrogens (tertiary/aromatic N) is 2. The first-order valence-electron chi connectivity index (χ1n) is 6.57. The summed E-state index contributed by atoms with van der Waals surface area (Å²) >= 11 is 0. The summed E-state index contributed by atoms with van der Waals surface area (Å²) in [6, 6.07) is 8.52. The molecule has 1 atom stereocenters. The minimum atomic E-state index is 0.257. The highest BCUT2D eigenvalue weighted by Gasteiger charge is 2.17. The normalized spacial score (nSPS) is 13.4. The van der Waals surface area contributed by atoms with Crippen molar-refractivity contribution in [2.45, 2.75) is 39.8 Å². The van der Waals surface area contributed by atoms with Crippen molar-refractivity contribution < 1.29 is 0 Å². The molecule has 0 aliphatic rings. The molecule has 2 aromatic rings. The summed E-state index contributed by atoms with van der Waals surface area (Å²) in [5, 5.41) is 0. The molecule has 0 spiro atoms. The molecule has 1 aromatic carbocycles. The second-order valence-corrected chi connectivity index (χ2v) is 4.98. The fourth-order valence-electron chi connectivity index (χ4n) is 2.32. The highest BCUT2D eigenvalue weighted by Crippen LogP contribution is 2.18. The number of hydrogen-bond acceptors (Lipinski definition) is 3. The summed E-state index contributed by atoms with van der Waals surface area (Å²) in [5.74, 6) is 7.21. The monoisotopic (exact) mass is 246 g/mol. The zero-order valence-corrected chi connectivity index (χ0v) is 11.4. The minimum absolute atomic E-state index is 0.257. The zero-order chi connectivity index (χ0) is 13.1. The Labute approximate surface area is 108 Å². The summed E-state index contributed by atoms with van der Waals surface area (Å²) in [5.41, 5.74) is 5.16. The predicted octanol–water partition coefficient (Wildman–Crippen LogP) is 2.09. The lowest BCUT2D eigenvalue weighted by molar-refractivity contribution is 0.394. The van der Waals surface area contributed by atoms with Gasteiger partial charge in [-0.1, -0.05) is 26.0 Å². The molecule has 0 radical (unpaired) electrons. The Morgan fingerprint density at radius 2 is 2.06 bits per heavy atom. The van der Waals surface area contributed by atoms with Crippen molar-refractivity contribution in [2.75, 3.05) is 0 Å². The van der Waals surface area contributed by atoms with Crippen LogP contribution in [0.25, 0.3) is 11.0 Å². The van der Waals surface area contributed by atoms with Gasteiger partial charge < -0.3 is 4.57 Å². The van der Waals surface area contributed by atoms with E-state index in [0.717, 1.165) is 24.3 Å². The van der Waals surface area contributed by atoms with Gasteiger partial charge in [0.15, 0.2) is 0 Å². The van der Waals surface area contributed by atoms with Crippen molar-refractivity contribution in [3.63, 3.8) is 0 Å². The number of nitrogens with two attached hydrogens (primary N) is 1. The number of imidazole rings is 1. The Morgan fingerprint density at radius 3 is 2.67 bits per heavy atom. The third-order valence-corrected chi connectivity index (χ3v) is 3.47. The van der Waals surface area contributed by atoms with Crippen molar-refractivity contribution in [2.24, 2.45) is 11.8 Å². The number of aromatic nitrogens is 2. The number of rotatable bonds is 5. The molecule has 0 aliphatic carbocycles. The zero-order valence-electron chi connectivity index (χ0n) is 11.4. The molecule has 0 fully saturated rings. The van der Waals surface area contributed by atoms with Gasteiger partial charge in [-0.15, -0.1) is 0 Å². The van der Waals surface area contributed by atoms with Crippen molar-refractivity contribution in [3.8, 4) is 0 Å². The van der Waals surface area contributed by atoms with Crippen LogP contribution in [0, 0.1) is 5.92 Å². The Hall–Kier alpha value is -1.39. The summed E-state index contributed by atoms with van der Waals surface area (Å²) < 4.78 is 2.27. The number of hydrogen-bond donors (Lipinski definition) is 2. The fraction of sp³-hybridized carbons (Fsp3) is 0.500. The number of aryl methyl sites for hydroxylation is 1. The van der Waals surface area contributed by atoms with E-state index >= 15 is 0 Å². The van der Waals surface area contributed by atoms with Crippen molar-refractivity contribution >= 4 is 11.0 Å². The summed E-state index contributed by atoms with van der Waals surface area (Å²) in [6.07, 6.45) is 0.858. The van der Waals surface area contributed by atoms with Crippen LogP contribution < -0.4 is 11.3 Å². The van der Waals surface area contributed by atoms with Gasteiger partial charge in [0.05, 0.1) is 11.0 Å². The van der Waals surface area contributed by atoms with Crippen LogP contribution in [0.5, 0.6) is 0 Å². The molecule has 0 saturated carbocycles. The number of fused-ring (bicyclic) bond motifs is 1. The van der Waals surface area contributed by atoms with Gasteiger partial charge in [0, 0.05) is 19.0 Å². The number of para-hydroxylation sites is 2. The lowest BCUT2D eigenvalue weighted by Crippen LogP contribution is -2.41. The lowest BCUT2D eigenvalue weighted by Gasteiger charge is -2.19. The molecule has 1 aromatic heterocycles. The number of nitrogens with one attached hydrogen (secondary N) is 1. The van der Waals surface area contributed by atoms with E-state index in [4.69, 9.17) is 10.8 Å². The Kier molecular flexibility index (Phi) is 3.99. The van der Waals surface area contributed by atoms with Gasteiger partial charge in [0.2, 0.25) is 0 Å². The molecule has 1 unspecified atom stereocenters. The topological polar surface area (TPSA) is 55.9 Å².